The second-order valence-corrected chi connectivity index (χ2v) is 10.4. The van der Waals surface area contributed by atoms with Crippen LogP contribution in [0.3, 0.4) is 0 Å². The number of benzene rings is 2. The Morgan fingerprint density at radius 2 is 1.84 bits per heavy atom. The van der Waals surface area contributed by atoms with Crippen LogP contribution in [0, 0.1) is 20.8 Å². The Bertz CT molecular complexity index is 1020. The van der Waals surface area contributed by atoms with Gasteiger partial charge in [0.2, 0.25) is 5.91 Å². The Hall–Kier alpha value is -1.93. The number of fused-ring (bicyclic) bond motifs is 1. The molecule has 32 heavy (non-hydrogen) atoms. The molecule has 2 aromatic carbocycles. The van der Waals surface area contributed by atoms with Crippen molar-refractivity contribution in [3.8, 4) is 0 Å². The summed E-state index contributed by atoms with van der Waals surface area (Å²) in [7, 11) is 0. The molecule has 1 aliphatic heterocycles. The van der Waals surface area contributed by atoms with Gasteiger partial charge in [-0.1, -0.05) is 29.0 Å². The van der Waals surface area contributed by atoms with E-state index in [1.54, 1.807) is 23.1 Å². The van der Waals surface area contributed by atoms with Gasteiger partial charge in [-0.3, -0.25) is 14.6 Å². The van der Waals surface area contributed by atoms with Gasteiger partial charge < -0.3 is 4.74 Å². The highest BCUT2D eigenvalue weighted by Gasteiger charge is 2.21. The van der Waals surface area contributed by atoms with Crippen LogP contribution in [0.15, 0.2) is 41.3 Å². The van der Waals surface area contributed by atoms with E-state index in [4.69, 9.17) is 9.72 Å². The molecule has 1 amide bonds. The topological polar surface area (TPSA) is 45.7 Å². The number of rotatable bonds is 8. The van der Waals surface area contributed by atoms with Gasteiger partial charge in [0.05, 0.1) is 29.2 Å². The molecule has 2 heterocycles. The highest BCUT2D eigenvalue weighted by molar-refractivity contribution is 8.00. The number of hydrogen-bond donors (Lipinski definition) is 0. The summed E-state index contributed by atoms with van der Waals surface area (Å²) < 4.78 is 6.59. The molecule has 1 fully saturated rings. The third kappa shape index (κ3) is 5.90. The van der Waals surface area contributed by atoms with Crippen molar-refractivity contribution >= 4 is 44.4 Å². The maximum absolute atomic E-state index is 13.3. The minimum absolute atomic E-state index is 0.116. The van der Waals surface area contributed by atoms with Crippen LogP contribution >= 0.6 is 23.1 Å². The molecule has 5 nitrogen and oxygen atoms in total. The fourth-order valence-electron chi connectivity index (χ4n) is 3.74. The average Bonchev–Trinajstić information content (AvgIpc) is 3.19. The number of carbonyl (C=O) groups excluding carboxylic acids is 1. The smallest absolute Gasteiger partial charge is 0.239 e. The number of anilines is 1. The predicted molar refractivity (Wildman–Crippen MR) is 135 cm³/mol. The monoisotopic (exact) mass is 469 g/mol. The van der Waals surface area contributed by atoms with Crippen molar-refractivity contribution in [1.29, 1.82) is 0 Å². The van der Waals surface area contributed by atoms with E-state index in [0.29, 0.717) is 12.3 Å². The molecule has 170 valence electrons. The largest absolute Gasteiger partial charge is 0.379 e. The zero-order chi connectivity index (χ0) is 22.5. The van der Waals surface area contributed by atoms with Crippen molar-refractivity contribution in [3.05, 3.63) is 53.1 Å². The van der Waals surface area contributed by atoms with Gasteiger partial charge in [-0.25, -0.2) is 4.98 Å². The SMILES string of the molecule is Cc1ccc(SCC(=O)N(CCCN2CCOCC2)c2nc3cc(C)c(C)cc3s2)cc1. The molecule has 0 saturated carbocycles. The van der Waals surface area contributed by atoms with E-state index >= 15 is 0 Å². The van der Waals surface area contributed by atoms with Gasteiger partial charge in [-0.2, -0.15) is 0 Å². The highest BCUT2D eigenvalue weighted by Crippen LogP contribution is 2.31. The first kappa shape index (κ1) is 23.2. The summed E-state index contributed by atoms with van der Waals surface area (Å²) in [5, 5.41) is 0.807. The second kappa shape index (κ2) is 10.8. The fourth-order valence-corrected chi connectivity index (χ4v) is 5.61. The number of thiazole rings is 1. The quantitative estimate of drug-likeness (QED) is 0.431. The van der Waals surface area contributed by atoms with E-state index in [-0.39, 0.29) is 5.91 Å². The minimum Gasteiger partial charge on any atom is -0.379 e. The molecular formula is C25H31N3O2S2. The summed E-state index contributed by atoms with van der Waals surface area (Å²) in [6, 6.07) is 12.7. The average molecular weight is 470 g/mol. The molecule has 0 N–H and O–H groups in total. The van der Waals surface area contributed by atoms with E-state index < -0.39 is 0 Å². The molecule has 3 aromatic rings. The zero-order valence-electron chi connectivity index (χ0n) is 19.1. The number of aryl methyl sites for hydroxylation is 3. The first-order valence-corrected chi connectivity index (χ1v) is 13.0. The van der Waals surface area contributed by atoms with Gasteiger partial charge in [0, 0.05) is 31.1 Å². The Kier molecular flexibility index (Phi) is 7.84. The molecule has 0 aliphatic carbocycles. The van der Waals surface area contributed by atoms with E-state index in [9.17, 15) is 4.79 Å². The zero-order valence-corrected chi connectivity index (χ0v) is 20.7. The lowest BCUT2D eigenvalue weighted by molar-refractivity contribution is -0.116. The summed E-state index contributed by atoms with van der Waals surface area (Å²) in [5.41, 5.74) is 4.69. The summed E-state index contributed by atoms with van der Waals surface area (Å²) >= 11 is 3.21. The van der Waals surface area contributed by atoms with E-state index in [1.165, 1.54) is 16.7 Å². The highest BCUT2D eigenvalue weighted by atomic mass is 32.2. The summed E-state index contributed by atoms with van der Waals surface area (Å²) in [5.74, 6) is 0.527. The Morgan fingerprint density at radius 1 is 1.12 bits per heavy atom. The number of aromatic nitrogens is 1. The fraction of sp³-hybridized carbons (Fsp3) is 0.440. The first-order valence-electron chi connectivity index (χ1n) is 11.2. The molecule has 0 radical (unpaired) electrons. The molecule has 1 aliphatic rings. The van der Waals surface area contributed by atoms with Gasteiger partial charge >= 0.3 is 0 Å². The van der Waals surface area contributed by atoms with Gasteiger partial charge in [0.25, 0.3) is 0 Å². The molecule has 1 saturated heterocycles. The molecule has 0 atom stereocenters. The van der Waals surface area contributed by atoms with Crippen molar-refractivity contribution in [2.24, 2.45) is 0 Å². The van der Waals surface area contributed by atoms with Crippen LogP contribution in [-0.4, -0.2) is 60.9 Å². The molecule has 0 bridgehead atoms. The lowest BCUT2D eigenvalue weighted by Crippen LogP contribution is -2.39. The minimum atomic E-state index is 0.116. The van der Waals surface area contributed by atoms with E-state index in [2.05, 4.69) is 62.1 Å². The van der Waals surface area contributed by atoms with Gasteiger partial charge in [0.1, 0.15) is 0 Å². The van der Waals surface area contributed by atoms with Gasteiger partial charge in [-0.05, 0) is 62.6 Å². The first-order chi connectivity index (χ1) is 15.5. The van der Waals surface area contributed by atoms with Crippen molar-refractivity contribution in [2.75, 3.05) is 50.0 Å². The normalized spacial score (nSPS) is 14.7. The van der Waals surface area contributed by atoms with Crippen LogP contribution in [0.25, 0.3) is 10.2 Å². The van der Waals surface area contributed by atoms with Crippen LogP contribution in [0.1, 0.15) is 23.1 Å². The number of nitrogens with zero attached hydrogens (tertiary/aromatic N) is 3. The van der Waals surface area contributed by atoms with Crippen LogP contribution < -0.4 is 4.90 Å². The summed E-state index contributed by atoms with van der Waals surface area (Å²) in [6.45, 7) is 11.5. The Morgan fingerprint density at radius 3 is 2.59 bits per heavy atom. The van der Waals surface area contributed by atoms with E-state index in [0.717, 1.165) is 59.5 Å². The van der Waals surface area contributed by atoms with Crippen molar-refractivity contribution in [3.63, 3.8) is 0 Å². The number of hydrogen-bond acceptors (Lipinski definition) is 6. The standard InChI is InChI=1S/C25H31N3O2S2/c1-18-5-7-21(8-6-18)31-17-24(29)28(10-4-9-27-11-13-30-14-12-27)25-26-22-15-19(2)20(3)16-23(22)32-25/h5-8,15-16H,4,9-14,17H2,1-3H3. The van der Waals surface area contributed by atoms with Crippen LogP contribution in [0.4, 0.5) is 5.13 Å². The van der Waals surface area contributed by atoms with Crippen LogP contribution in [-0.2, 0) is 9.53 Å². The summed E-state index contributed by atoms with van der Waals surface area (Å²) in [4.78, 5) is 23.6. The van der Waals surface area contributed by atoms with Crippen LogP contribution in [0.5, 0.6) is 0 Å². The molecular weight excluding hydrogens is 438 g/mol. The lowest BCUT2D eigenvalue weighted by Gasteiger charge is -2.27. The molecule has 4 rings (SSSR count). The maximum Gasteiger partial charge on any atom is 0.239 e. The van der Waals surface area contributed by atoms with Gasteiger partial charge in [0.15, 0.2) is 5.13 Å². The number of morpholine rings is 1. The van der Waals surface area contributed by atoms with E-state index in [1.807, 2.05) is 4.90 Å². The number of ether oxygens (including phenoxy) is 1. The third-order valence-corrected chi connectivity index (χ3v) is 7.91. The summed E-state index contributed by atoms with van der Waals surface area (Å²) in [6.07, 6.45) is 0.926. The third-order valence-electron chi connectivity index (χ3n) is 5.87. The number of amides is 1. The van der Waals surface area contributed by atoms with Gasteiger partial charge in [-0.15, -0.1) is 11.8 Å². The maximum atomic E-state index is 13.3. The number of thioether (sulfide) groups is 1. The second-order valence-electron chi connectivity index (χ2n) is 8.36. The van der Waals surface area contributed by atoms with Crippen molar-refractivity contribution in [1.82, 2.24) is 9.88 Å². The predicted octanol–water partition coefficient (Wildman–Crippen LogP) is 5.07. The van der Waals surface area contributed by atoms with Crippen molar-refractivity contribution in [2.45, 2.75) is 32.1 Å². The molecule has 1 aromatic heterocycles. The number of carbonyl (C=O) groups is 1. The Labute approximate surface area is 198 Å². The molecule has 7 heteroatoms. The van der Waals surface area contributed by atoms with Crippen LogP contribution in [0.2, 0.25) is 0 Å². The lowest BCUT2D eigenvalue weighted by atomic mass is 10.1. The molecule has 0 spiro atoms. The van der Waals surface area contributed by atoms with Crippen molar-refractivity contribution < 1.29 is 9.53 Å². The Balaban J connectivity index is 1.48. The molecule has 0 unspecified atom stereocenters.